The highest BCUT2D eigenvalue weighted by Gasteiger charge is 2.22. The fraction of sp³-hybridized carbons (Fsp3) is 0.500. The Morgan fingerprint density at radius 2 is 2.07 bits per heavy atom. The van der Waals surface area contributed by atoms with Crippen LogP contribution < -0.4 is 5.32 Å². The van der Waals surface area contributed by atoms with Crippen molar-refractivity contribution in [2.75, 3.05) is 5.75 Å². The molecule has 1 heterocycles. The van der Waals surface area contributed by atoms with Gasteiger partial charge in [0.25, 0.3) is 0 Å². The molecule has 7 heteroatoms. The van der Waals surface area contributed by atoms with Crippen molar-refractivity contribution < 1.29 is 23.1 Å². The highest BCUT2D eigenvalue weighted by atomic mass is 32.2. The number of hydrogen-bond acceptors (Lipinski definition) is 4. The molecule has 1 rings (SSSR count). The fourth-order valence-electron chi connectivity index (χ4n) is 1.17. The number of aliphatic carboxylic acids is 1. The van der Waals surface area contributed by atoms with E-state index in [9.17, 15) is 18.0 Å². The number of carboxylic acid groups (broad SMARTS) is 1. The summed E-state index contributed by atoms with van der Waals surface area (Å²) < 4.78 is 21.9. The average molecular weight is 233 g/mol. The van der Waals surface area contributed by atoms with Crippen LogP contribution in [0.2, 0.25) is 0 Å². The Labute approximate surface area is 86.9 Å². The van der Waals surface area contributed by atoms with E-state index in [2.05, 4.69) is 5.32 Å². The Hall–Kier alpha value is -1.37. The van der Waals surface area contributed by atoms with Gasteiger partial charge in [-0.15, -0.1) is 0 Å². The van der Waals surface area contributed by atoms with E-state index in [0.717, 1.165) is 5.41 Å². The molecule has 0 saturated carbocycles. The monoisotopic (exact) mass is 233 g/mol. The SMILES string of the molecule is O=C(O)CCC(=O)NC1C=CS(=O)(=O)C1. The Morgan fingerprint density at radius 3 is 2.53 bits per heavy atom. The molecule has 15 heavy (non-hydrogen) atoms. The van der Waals surface area contributed by atoms with Gasteiger partial charge in [-0.05, 0) is 6.08 Å². The lowest BCUT2D eigenvalue weighted by Gasteiger charge is -2.08. The van der Waals surface area contributed by atoms with Crippen LogP contribution in [0.4, 0.5) is 0 Å². The Balaban J connectivity index is 2.35. The summed E-state index contributed by atoms with van der Waals surface area (Å²) in [5.41, 5.74) is 0. The molecule has 1 atom stereocenters. The third kappa shape index (κ3) is 4.11. The van der Waals surface area contributed by atoms with E-state index in [-0.39, 0.29) is 18.6 Å². The van der Waals surface area contributed by atoms with Crippen LogP contribution in [0.25, 0.3) is 0 Å². The van der Waals surface area contributed by atoms with Crippen LogP contribution >= 0.6 is 0 Å². The molecule has 1 unspecified atom stereocenters. The maximum atomic E-state index is 11.1. The van der Waals surface area contributed by atoms with E-state index in [4.69, 9.17) is 5.11 Å². The van der Waals surface area contributed by atoms with Gasteiger partial charge >= 0.3 is 5.97 Å². The van der Waals surface area contributed by atoms with Crippen molar-refractivity contribution in [3.63, 3.8) is 0 Å². The number of sulfone groups is 1. The van der Waals surface area contributed by atoms with Gasteiger partial charge in [-0.3, -0.25) is 9.59 Å². The van der Waals surface area contributed by atoms with E-state index in [0.29, 0.717) is 0 Å². The average Bonchev–Trinajstić information content (AvgIpc) is 2.42. The summed E-state index contributed by atoms with van der Waals surface area (Å²) in [7, 11) is -3.18. The minimum Gasteiger partial charge on any atom is -0.481 e. The zero-order chi connectivity index (χ0) is 11.5. The van der Waals surface area contributed by atoms with Crippen molar-refractivity contribution in [2.45, 2.75) is 18.9 Å². The first-order valence-electron chi connectivity index (χ1n) is 4.31. The van der Waals surface area contributed by atoms with Crippen molar-refractivity contribution in [1.29, 1.82) is 0 Å². The third-order valence-electron chi connectivity index (χ3n) is 1.84. The molecule has 1 aliphatic heterocycles. The minimum atomic E-state index is -3.18. The topological polar surface area (TPSA) is 101 Å². The number of amides is 1. The maximum absolute atomic E-state index is 11.1. The van der Waals surface area contributed by atoms with Crippen molar-refractivity contribution in [3.05, 3.63) is 11.5 Å². The first-order valence-corrected chi connectivity index (χ1v) is 6.03. The molecule has 84 valence electrons. The summed E-state index contributed by atoms with van der Waals surface area (Å²) in [6, 6.07) is -0.531. The number of rotatable bonds is 4. The molecule has 0 saturated heterocycles. The highest BCUT2D eigenvalue weighted by molar-refractivity contribution is 7.94. The Bertz CT molecular complexity index is 397. The predicted octanol–water partition coefficient (Wildman–Crippen LogP) is -0.722. The van der Waals surface area contributed by atoms with Gasteiger partial charge < -0.3 is 10.4 Å². The van der Waals surface area contributed by atoms with Gasteiger partial charge in [0, 0.05) is 11.8 Å². The molecule has 1 amide bonds. The second-order valence-corrected chi connectivity index (χ2v) is 5.16. The summed E-state index contributed by atoms with van der Waals surface area (Å²) >= 11 is 0. The second kappa shape index (κ2) is 4.43. The molecule has 6 nitrogen and oxygen atoms in total. The molecular weight excluding hydrogens is 222 g/mol. The summed E-state index contributed by atoms with van der Waals surface area (Å²) in [4.78, 5) is 21.3. The lowest BCUT2D eigenvalue weighted by molar-refractivity contribution is -0.138. The van der Waals surface area contributed by atoms with Crippen LogP contribution in [0.15, 0.2) is 11.5 Å². The van der Waals surface area contributed by atoms with Crippen LogP contribution in [0.1, 0.15) is 12.8 Å². The van der Waals surface area contributed by atoms with Gasteiger partial charge in [0.05, 0.1) is 18.2 Å². The standard InChI is InChI=1S/C8H11NO5S/c10-7(1-2-8(11)12)9-6-3-4-15(13,14)5-6/h3-4,6H,1-2,5H2,(H,9,10)(H,11,12). The summed E-state index contributed by atoms with van der Waals surface area (Å²) in [6.07, 6.45) is 0.989. The normalized spacial score (nSPS) is 22.5. The first kappa shape index (κ1) is 11.7. The van der Waals surface area contributed by atoms with Gasteiger partial charge in [0.2, 0.25) is 5.91 Å². The van der Waals surface area contributed by atoms with Crippen molar-refractivity contribution in [2.24, 2.45) is 0 Å². The van der Waals surface area contributed by atoms with Crippen molar-refractivity contribution in [3.8, 4) is 0 Å². The van der Waals surface area contributed by atoms with E-state index >= 15 is 0 Å². The van der Waals surface area contributed by atoms with Crippen LogP contribution in [0.3, 0.4) is 0 Å². The number of carbonyl (C=O) groups is 2. The molecule has 0 aromatic carbocycles. The lowest BCUT2D eigenvalue weighted by atomic mass is 10.2. The molecule has 0 aromatic rings. The zero-order valence-electron chi connectivity index (χ0n) is 7.84. The summed E-state index contributed by atoms with van der Waals surface area (Å²) in [5, 5.41) is 11.8. The first-order chi connectivity index (χ1) is 6.89. The molecule has 0 fully saturated rings. The van der Waals surface area contributed by atoms with Gasteiger partial charge in [-0.1, -0.05) is 0 Å². The molecule has 0 radical (unpaired) electrons. The van der Waals surface area contributed by atoms with Crippen LogP contribution in [-0.4, -0.2) is 37.2 Å². The smallest absolute Gasteiger partial charge is 0.303 e. The molecule has 0 aromatic heterocycles. The molecular formula is C8H11NO5S. The van der Waals surface area contributed by atoms with Crippen LogP contribution in [0.5, 0.6) is 0 Å². The Kier molecular flexibility index (Phi) is 3.46. The summed E-state index contributed by atoms with van der Waals surface area (Å²) in [6.45, 7) is 0. The van der Waals surface area contributed by atoms with Gasteiger partial charge in [0.1, 0.15) is 0 Å². The van der Waals surface area contributed by atoms with Crippen molar-refractivity contribution >= 4 is 21.7 Å². The van der Waals surface area contributed by atoms with E-state index in [1.54, 1.807) is 0 Å². The molecule has 2 N–H and O–H groups in total. The number of hydrogen-bond donors (Lipinski definition) is 2. The van der Waals surface area contributed by atoms with Gasteiger partial charge in [-0.2, -0.15) is 0 Å². The molecule has 0 aliphatic carbocycles. The summed E-state index contributed by atoms with van der Waals surface area (Å²) in [5.74, 6) is -1.66. The largest absolute Gasteiger partial charge is 0.481 e. The lowest BCUT2D eigenvalue weighted by Crippen LogP contribution is -2.35. The molecule has 0 bridgehead atoms. The predicted molar refractivity (Wildman–Crippen MR) is 51.7 cm³/mol. The second-order valence-electron chi connectivity index (χ2n) is 3.23. The Morgan fingerprint density at radius 1 is 1.40 bits per heavy atom. The van der Waals surface area contributed by atoms with Crippen LogP contribution in [0, 0.1) is 0 Å². The number of carbonyl (C=O) groups excluding carboxylic acids is 1. The van der Waals surface area contributed by atoms with E-state index in [1.165, 1.54) is 6.08 Å². The maximum Gasteiger partial charge on any atom is 0.303 e. The van der Waals surface area contributed by atoms with E-state index in [1.807, 2.05) is 0 Å². The van der Waals surface area contributed by atoms with Crippen molar-refractivity contribution in [1.82, 2.24) is 5.32 Å². The van der Waals surface area contributed by atoms with Crippen LogP contribution in [-0.2, 0) is 19.4 Å². The number of carboxylic acids is 1. The quantitative estimate of drug-likeness (QED) is 0.667. The minimum absolute atomic E-state index is 0.139. The fourth-order valence-corrected chi connectivity index (χ4v) is 2.40. The molecule has 0 spiro atoms. The van der Waals surface area contributed by atoms with Gasteiger partial charge in [-0.25, -0.2) is 8.42 Å². The molecule has 1 aliphatic rings. The van der Waals surface area contributed by atoms with Gasteiger partial charge in [0.15, 0.2) is 9.84 Å². The number of nitrogens with one attached hydrogen (secondary N) is 1. The zero-order valence-corrected chi connectivity index (χ0v) is 8.66. The highest BCUT2D eigenvalue weighted by Crippen LogP contribution is 2.07. The third-order valence-corrected chi connectivity index (χ3v) is 3.24. The van der Waals surface area contributed by atoms with E-state index < -0.39 is 27.8 Å².